The van der Waals surface area contributed by atoms with Crippen molar-refractivity contribution in [2.24, 2.45) is 0 Å². The molecule has 2 aromatic rings. The maximum Gasteiger partial charge on any atom is 0.338 e. The standard InChI is InChI=1S/C19H23N3O5/c1-3-27-16-5-4-13(10-17(16)26-2)18(23)21-8-6-15(7-9-21)22-12-14(11-20-22)19(24)25/h4-5,10-12,15H,3,6-9H2,1-2H3,(H,24,25). The molecule has 0 radical (unpaired) electrons. The van der Waals surface area contributed by atoms with Gasteiger partial charge in [-0.1, -0.05) is 0 Å². The molecule has 0 aliphatic carbocycles. The Bertz CT molecular complexity index is 825. The number of carboxylic acid groups (broad SMARTS) is 1. The van der Waals surface area contributed by atoms with E-state index in [9.17, 15) is 9.59 Å². The molecule has 1 aromatic heterocycles. The van der Waals surface area contributed by atoms with Crippen molar-refractivity contribution < 1.29 is 24.2 Å². The number of hydrogen-bond donors (Lipinski definition) is 1. The number of carbonyl (C=O) groups excluding carboxylic acids is 1. The van der Waals surface area contributed by atoms with E-state index >= 15 is 0 Å². The number of benzene rings is 1. The molecule has 0 unspecified atom stereocenters. The lowest BCUT2D eigenvalue weighted by atomic mass is 10.0. The second-order valence-electron chi connectivity index (χ2n) is 6.34. The van der Waals surface area contributed by atoms with E-state index in [0.29, 0.717) is 36.8 Å². The third-order valence-electron chi connectivity index (χ3n) is 4.68. The van der Waals surface area contributed by atoms with E-state index in [-0.39, 0.29) is 17.5 Å². The Balaban J connectivity index is 1.65. The smallest absolute Gasteiger partial charge is 0.338 e. The first-order valence-corrected chi connectivity index (χ1v) is 8.91. The highest BCUT2D eigenvalue weighted by atomic mass is 16.5. The highest BCUT2D eigenvalue weighted by Gasteiger charge is 2.26. The Hall–Kier alpha value is -3.03. The average Bonchev–Trinajstić information content (AvgIpc) is 3.19. The van der Waals surface area contributed by atoms with Gasteiger partial charge in [-0.25, -0.2) is 4.79 Å². The van der Waals surface area contributed by atoms with Crippen molar-refractivity contribution in [2.75, 3.05) is 26.8 Å². The van der Waals surface area contributed by atoms with Gasteiger partial charge in [-0.05, 0) is 38.0 Å². The van der Waals surface area contributed by atoms with Gasteiger partial charge in [0.1, 0.15) is 0 Å². The van der Waals surface area contributed by atoms with Crippen LogP contribution in [0.4, 0.5) is 0 Å². The minimum absolute atomic E-state index is 0.0542. The Morgan fingerprint density at radius 1 is 1.22 bits per heavy atom. The molecule has 3 rings (SSSR count). The first kappa shape index (κ1) is 18.8. The number of piperidine rings is 1. The molecule has 0 atom stereocenters. The number of methoxy groups -OCH3 is 1. The van der Waals surface area contributed by atoms with E-state index in [4.69, 9.17) is 14.6 Å². The number of rotatable bonds is 6. The van der Waals surface area contributed by atoms with Gasteiger partial charge in [0.25, 0.3) is 5.91 Å². The highest BCUT2D eigenvalue weighted by Crippen LogP contribution is 2.29. The molecule has 1 aromatic carbocycles. The molecule has 8 heteroatoms. The minimum Gasteiger partial charge on any atom is -0.493 e. The van der Waals surface area contributed by atoms with Crippen LogP contribution >= 0.6 is 0 Å². The van der Waals surface area contributed by atoms with Crippen molar-refractivity contribution in [3.63, 3.8) is 0 Å². The van der Waals surface area contributed by atoms with Gasteiger partial charge < -0.3 is 19.5 Å². The summed E-state index contributed by atoms with van der Waals surface area (Å²) in [4.78, 5) is 25.6. The maximum atomic E-state index is 12.8. The quantitative estimate of drug-likeness (QED) is 0.836. The largest absolute Gasteiger partial charge is 0.493 e. The Morgan fingerprint density at radius 2 is 1.96 bits per heavy atom. The molecule has 2 heterocycles. The lowest BCUT2D eigenvalue weighted by molar-refractivity contribution is 0.0688. The van der Waals surface area contributed by atoms with Crippen LogP contribution in [0.1, 0.15) is 46.5 Å². The summed E-state index contributed by atoms with van der Waals surface area (Å²) in [7, 11) is 1.55. The molecule has 8 nitrogen and oxygen atoms in total. The molecule has 1 fully saturated rings. The number of ether oxygens (including phenoxy) is 2. The van der Waals surface area contributed by atoms with Crippen LogP contribution in [0.5, 0.6) is 11.5 Å². The van der Waals surface area contributed by atoms with Crippen molar-refractivity contribution in [3.8, 4) is 11.5 Å². The number of amides is 1. The van der Waals surface area contributed by atoms with Gasteiger partial charge in [-0.3, -0.25) is 9.48 Å². The van der Waals surface area contributed by atoms with Crippen LogP contribution in [0.25, 0.3) is 0 Å². The lowest BCUT2D eigenvalue weighted by Gasteiger charge is -2.32. The van der Waals surface area contributed by atoms with Gasteiger partial charge in [0.05, 0.1) is 31.5 Å². The molecule has 0 saturated carbocycles. The van der Waals surface area contributed by atoms with Crippen LogP contribution < -0.4 is 9.47 Å². The molecule has 1 aliphatic heterocycles. The fourth-order valence-electron chi connectivity index (χ4n) is 3.24. The lowest BCUT2D eigenvalue weighted by Crippen LogP contribution is -2.39. The van der Waals surface area contributed by atoms with Crippen molar-refractivity contribution >= 4 is 11.9 Å². The molecule has 144 valence electrons. The summed E-state index contributed by atoms with van der Waals surface area (Å²) >= 11 is 0. The first-order chi connectivity index (χ1) is 13.0. The Labute approximate surface area is 157 Å². The van der Waals surface area contributed by atoms with Gasteiger partial charge in [0, 0.05) is 24.8 Å². The van der Waals surface area contributed by atoms with E-state index in [1.54, 1.807) is 41.1 Å². The minimum atomic E-state index is -0.988. The fraction of sp³-hybridized carbons (Fsp3) is 0.421. The summed E-state index contributed by atoms with van der Waals surface area (Å²) in [6.45, 7) is 3.58. The molecular formula is C19H23N3O5. The monoisotopic (exact) mass is 373 g/mol. The Morgan fingerprint density at radius 3 is 2.56 bits per heavy atom. The van der Waals surface area contributed by atoms with Crippen molar-refractivity contribution in [1.82, 2.24) is 14.7 Å². The molecule has 27 heavy (non-hydrogen) atoms. The molecule has 1 saturated heterocycles. The molecule has 1 amide bonds. The molecule has 0 bridgehead atoms. The second-order valence-corrected chi connectivity index (χ2v) is 6.34. The third kappa shape index (κ3) is 4.05. The van der Waals surface area contributed by atoms with Gasteiger partial charge in [-0.15, -0.1) is 0 Å². The SMILES string of the molecule is CCOc1ccc(C(=O)N2CCC(n3cc(C(=O)O)cn3)CC2)cc1OC. The van der Waals surface area contributed by atoms with Gasteiger partial charge >= 0.3 is 5.97 Å². The number of aromatic carboxylic acids is 1. The number of hydrogen-bond acceptors (Lipinski definition) is 5. The normalized spacial score (nSPS) is 14.8. The number of carbonyl (C=O) groups is 2. The molecule has 0 spiro atoms. The fourth-order valence-corrected chi connectivity index (χ4v) is 3.24. The van der Waals surface area contributed by atoms with Crippen LogP contribution in [0, 0.1) is 0 Å². The van der Waals surface area contributed by atoms with Crippen LogP contribution in [0.2, 0.25) is 0 Å². The van der Waals surface area contributed by atoms with Gasteiger partial charge in [0.15, 0.2) is 11.5 Å². The number of likely N-dealkylation sites (tertiary alicyclic amines) is 1. The van der Waals surface area contributed by atoms with E-state index in [0.717, 1.165) is 12.8 Å². The predicted octanol–water partition coefficient (Wildman–Crippen LogP) is 2.47. The van der Waals surface area contributed by atoms with E-state index in [2.05, 4.69) is 5.10 Å². The summed E-state index contributed by atoms with van der Waals surface area (Å²) in [5, 5.41) is 13.1. The van der Waals surface area contributed by atoms with Crippen molar-refractivity contribution in [1.29, 1.82) is 0 Å². The number of carboxylic acids is 1. The van der Waals surface area contributed by atoms with Crippen LogP contribution in [0.15, 0.2) is 30.6 Å². The summed E-state index contributed by atoms with van der Waals surface area (Å²) in [6.07, 6.45) is 4.34. The topological polar surface area (TPSA) is 93.9 Å². The summed E-state index contributed by atoms with van der Waals surface area (Å²) < 4.78 is 12.5. The summed E-state index contributed by atoms with van der Waals surface area (Å²) in [6, 6.07) is 5.29. The summed E-state index contributed by atoms with van der Waals surface area (Å²) in [5.74, 6) is 0.110. The first-order valence-electron chi connectivity index (χ1n) is 8.91. The van der Waals surface area contributed by atoms with E-state index in [1.807, 2.05) is 6.92 Å². The van der Waals surface area contributed by atoms with Crippen LogP contribution in [0.3, 0.4) is 0 Å². The van der Waals surface area contributed by atoms with Crippen molar-refractivity contribution in [3.05, 3.63) is 41.7 Å². The third-order valence-corrected chi connectivity index (χ3v) is 4.68. The molecule has 1 aliphatic rings. The second kappa shape index (κ2) is 8.11. The van der Waals surface area contributed by atoms with Crippen LogP contribution in [-0.2, 0) is 0 Å². The zero-order valence-electron chi connectivity index (χ0n) is 15.4. The zero-order chi connectivity index (χ0) is 19.4. The highest BCUT2D eigenvalue weighted by molar-refractivity contribution is 5.95. The molecule has 1 N–H and O–H groups in total. The van der Waals surface area contributed by atoms with Crippen LogP contribution in [-0.4, -0.2) is 58.5 Å². The van der Waals surface area contributed by atoms with Crippen molar-refractivity contribution in [2.45, 2.75) is 25.8 Å². The summed E-state index contributed by atoms with van der Waals surface area (Å²) in [5.41, 5.74) is 0.732. The Kier molecular flexibility index (Phi) is 5.63. The van der Waals surface area contributed by atoms with Gasteiger partial charge in [-0.2, -0.15) is 5.10 Å². The molecular weight excluding hydrogens is 350 g/mol. The van der Waals surface area contributed by atoms with Gasteiger partial charge in [0.2, 0.25) is 0 Å². The van der Waals surface area contributed by atoms with E-state index < -0.39 is 5.97 Å². The number of aromatic nitrogens is 2. The zero-order valence-corrected chi connectivity index (χ0v) is 15.4. The number of nitrogens with zero attached hydrogens (tertiary/aromatic N) is 3. The predicted molar refractivity (Wildman–Crippen MR) is 97.5 cm³/mol. The maximum absolute atomic E-state index is 12.8. The average molecular weight is 373 g/mol. The van der Waals surface area contributed by atoms with E-state index in [1.165, 1.54) is 6.20 Å².